The summed E-state index contributed by atoms with van der Waals surface area (Å²) in [4.78, 5) is 1.21. The molecule has 1 aromatic rings. The van der Waals surface area contributed by atoms with Crippen molar-refractivity contribution in [3.63, 3.8) is 0 Å². The number of hydrogen-bond donors (Lipinski definition) is 2. The third kappa shape index (κ3) is 4.30. The zero-order valence-corrected chi connectivity index (χ0v) is 10.7. The fourth-order valence-corrected chi connectivity index (χ4v) is 2.11. The molecule has 14 heavy (non-hydrogen) atoms. The van der Waals surface area contributed by atoms with Gasteiger partial charge in [-0.3, -0.25) is 0 Å². The summed E-state index contributed by atoms with van der Waals surface area (Å²) in [5, 5.41) is 3.28. The standard InChI is InChI=1S/C9H11BrN2S2/c10-14-8-3-1-2-7(6-8)4-5-12-9(11)13/h1-3,6H,4-5H2,(H3,11,12,13). The van der Waals surface area contributed by atoms with Gasteiger partial charge in [0.25, 0.3) is 0 Å². The Morgan fingerprint density at radius 3 is 3.00 bits per heavy atom. The lowest BCUT2D eigenvalue weighted by Gasteiger charge is -2.04. The molecule has 2 nitrogen and oxygen atoms in total. The van der Waals surface area contributed by atoms with Gasteiger partial charge in [-0.15, -0.1) is 0 Å². The van der Waals surface area contributed by atoms with Gasteiger partial charge < -0.3 is 11.1 Å². The maximum Gasteiger partial charge on any atom is 0.163 e. The highest BCUT2D eigenvalue weighted by atomic mass is 79.9. The van der Waals surface area contributed by atoms with Crippen LogP contribution in [0.4, 0.5) is 0 Å². The molecule has 0 aliphatic heterocycles. The van der Waals surface area contributed by atoms with E-state index in [1.54, 1.807) is 10.2 Å². The predicted molar refractivity (Wildman–Crippen MR) is 69.7 cm³/mol. The van der Waals surface area contributed by atoms with Crippen molar-refractivity contribution in [1.29, 1.82) is 0 Å². The van der Waals surface area contributed by atoms with Crippen molar-refractivity contribution in [2.45, 2.75) is 11.3 Å². The van der Waals surface area contributed by atoms with E-state index in [1.165, 1.54) is 10.5 Å². The Morgan fingerprint density at radius 2 is 2.36 bits per heavy atom. The third-order valence-electron chi connectivity index (χ3n) is 1.70. The van der Waals surface area contributed by atoms with Crippen molar-refractivity contribution in [3.8, 4) is 0 Å². The van der Waals surface area contributed by atoms with Gasteiger partial charge in [0.05, 0.1) is 0 Å². The number of benzene rings is 1. The van der Waals surface area contributed by atoms with Crippen LogP contribution >= 0.6 is 37.2 Å². The fourth-order valence-electron chi connectivity index (χ4n) is 1.08. The second kappa shape index (κ2) is 6.27. The van der Waals surface area contributed by atoms with E-state index in [4.69, 9.17) is 18.0 Å². The lowest BCUT2D eigenvalue weighted by molar-refractivity contribution is 0.867. The quantitative estimate of drug-likeness (QED) is 0.836. The van der Waals surface area contributed by atoms with Gasteiger partial charge in [-0.1, -0.05) is 12.1 Å². The van der Waals surface area contributed by atoms with E-state index < -0.39 is 0 Å². The maximum absolute atomic E-state index is 5.32. The number of halogens is 1. The smallest absolute Gasteiger partial charge is 0.163 e. The molecule has 0 aliphatic rings. The first-order valence-corrected chi connectivity index (χ1v) is 7.20. The monoisotopic (exact) mass is 290 g/mol. The molecule has 0 amide bonds. The van der Waals surface area contributed by atoms with Crippen LogP contribution in [-0.2, 0) is 6.42 Å². The van der Waals surface area contributed by atoms with Crippen molar-refractivity contribution >= 4 is 42.3 Å². The van der Waals surface area contributed by atoms with Crippen LogP contribution < -0.4 is 11.1 Å². The van der Waals surface area contributed by atoms with Crippen LogP contribution in [0.2, 0.25) is 0 Å². The third-order valence-corrected chi connectivity index (χ3v) is 3.40. The molecule has 0 aromatic heterocycles. The van der Waals surface area contributed by atoms with E-state index >= 15 is 0 Å². The lowest BCUT2D eigenvalue weighted by Crippen LogP contribution is -2.30. The molecule has 0 fully saturated rings. The molecule has 0 saturated carbocycles. The first-order valence-electron chi connectivity index (χ1n) is 4.13. The summed E-state index contributed by atoms with van der Waals surface area (Å²) >= 11 is 8.06. The van der Waals surface area contributed by atoms with Gasteiger partial charge >= 0.3 is 0 Å². The molecular weight excluding hydrogens is 280 g/mol. The summed E-state index contributed by atoms with van der Waals surface area (Å²) in [6, 6.07) is 8.33. The predicted octanol–water partition coefficient (Wildman–Crippen LogP) is 2.46. The molecule has 0 spiro atoms. The first kappa shape index (κ1) is 11.8. The summed E-state index contributed by atoms with van der Waals surface area (Å²) in [7, 11) is 1.56. The Bertz CT molecular complexity index is 317. The lowest BCUT2D eigenvalue weighted by atomic mass is 10.1. The summed E-state index contributed by atoms with van der Waals surface area (Å²) in [6.45, 7) is 0.783. The first-order chi connectivity index (χ1) is 6.72. The van der Waals surface area contributed by atoms with Crippen molar-refractivity contribution in [2.24, 2.45) is 5.73 Å². The SMILES string of the molecule is NC(=S)NCCc1cccc(SBr)c1. The van der Waals surface area contributed by atoms with Crippen LogP contribution in [-0.4, -0.2) is 11.7 Å². The highest BCUT2D eigenvalue weighted by Gasteiger charge is 1.95. The average molecular weight is 291 g/mol. The van der Waals surface area contributed by atoms with E-state index in [0.29, 0.717) is 5.11 Å². The molecule has 0 saturated heterocycles. The van der Waals surface area contributed by atoms with Gasteiger partial charge in [-0.05, 0) is 61.3 Å². The van der Waals surface area contributed by atoms with Crippen molar-refractivity contribution in [2.75, 3.05) is 6.54 Å². The van der Waals surface area contributed by atoms with Gasteiger partial charge in [0.1, 0.15) is 0 Å². The molecule has 0 radical (unpaired) electrons. The minimum Gasteiger partial charge on any atom is -0.376 e. The number of thiocarbonyl (C=S) groups is 1. The van der Waals surface area contributed by atoms with Gasteiger partial charge in [-0.25, -0.2) is 0 Å². The van der Waals surface area contributed by atoms with Gasteiger partial charge in [0, 0.05) is 11.4 Å². The number of nitrogens with two attached hydrogens (primary N) is 1. The van der Waals surface area contributed by atoms with E-state index in [9.17, 15) is 0 Å². The van der Waals surface area contributed by atoms with E-state index in [-0.39, 0.29) is 0 Å². The Morgan fingerprint density at radius 1 is 1.57 bits per heavy atom. The van der Waals surface area contributed by atoms with Crippen molar-refractivity contribution in [1.82, 2.24) is 5.32 Å². The molecule has 76 valence electrons. The Balaban J connectivity index is 2.46. The van der Waals surface area contributed by atoms with Gasteiger partial charge in [-0.2, -0.15) is 0 Å². The second-order valence-corrected chi connectivity index (χ2v) is 4.80. The van der Waals surface area contributed by atoms with Crippen LogP contribution in [0.1, 0.15) is 5.56 Å². The molecule has 3 N–H and O–H groups in total. The van der Waals surface area contributed by atoms with Crippen LogP contribution in [0.15, 0.2) is 29.2 Å². The van der Waals surface area contributed by atoms with Crippen molar-refractivity contribution in [3.05, 3.63) is 29.8 Å². The minimum absolute atomic E-state index is 0.357. The normalized spacial score (nSPS) is 9.79. The Kier molecular flexibility index (Phi) is 5.29. The molecule has 0 unspecified atom stereocenters. The highest BCUT2D eigenvalue weighted by Crippen LogP contribution is 2.24. The highest BCUT2D eigenvalue weighted by molar-refractivity contribution is 9.50. The average Bonchev–Trinajstić information content (AvgIpc) is 2.18. The molecule has 1 aromatic carbocycles. The molecular formula is C9H11BrN2S2. The largest absolute Gasteiger partial charge is 0.376 e. The molecule has 1 rings (SSSR count). The maximum atomic E-state index is 5.32. The number of nitrogens with one attached hydrogen (secondary N) is 1. The summed E-state index contributed by atoms with van der Waals surface area (Å²) in [5.41, 5.74) is 6.60. The van der Waals surface area contributed by atoms with Gasteiger partial charge in [0.15, 0.2) is 5.11 Å². The number of hydrogen-bond acceptors (Lipinski definition) is 2. The zero-order valence-electron chi connectivity index (χ0n) is 7.50. The summed E-state index contributed by atoms with van der Waals surface area (Å²) in [5.74, 6) is 0. The molecule has 5 heteroatoms. The zero-order chi connectivity index (χ0) is 10.4. The molecule has 0 bridgehead atoms. The van der Waals surface area contributed by atoms with E-state index in [0.717, 1.165) is 13.0 Å². The van der Waals surface area contributed by atoms with Crippen molar-refractivity contribution < 1.29 is 0 Å². The fraction of sp³-hybridized carbons (Fsp3) is 0.222. The molecule has 0 heterocycles. The topological polar surface area (TPSA) is 38.0 Å². The molecule has 0 atom stereocenters. The molecule has 0 aliphatic carbocycles. The van der Waals surface area contributed by atoms with Crippen LogP contribution in [0.3, 0.4) is 0 Å². The van der Waals surface area contributed by atoms with E-state index in [2.05, 4.69) is 38.3 Å². The summed E-state index contributed by atoms with van der Waals surface area (Å²) in [6.07, 6.45) is 0.929. The number of rotatable bonds is 4. The van der Waals surface area contributed by atoms with Crippen LogP contribution in [0, 0.1) is 0 Å². The minimum atomic E-state index is 0.357. The van der Waals surface area contributed by atoms with Gasteiger partial charge in [0.2, 0.25) is 0 Å². The van der Waals surface area contributed by atoms with Crippen LogP contribution in [0.25, 0.3) is 0 Å². The second-order valence-electron chi connectivity index (χ2n) is 2.77. The Labute approximate surface area is 101 Å². The summed E-state index contributed by atoms with van der Waals surface area (Å²) < 4.78 is 0. The Hall–Kier alpha value is -0.260. The van der Waals surface area contributed by atoms with Crippen LogP contribution in [0.5, 0.6) is 0 Å². The van der Waals surface area contributed by atoms with E-state index in [1.807, 2.05) is 6.07 Å².